The van der Waals surface area contributed by atoms with Gasteiger partial charge in [-0.2, -0.15) is 0 Å². The van der Waals surface area contributed by atoms with Crippen molar-refractivity contribution in [1.82, 2.24) is 0 Å². The average molecular weight is 1080 g/mol. The Hall–Kier alpha value is -10.2. The van der Waals surface area contributed by atoms with Crippen LogP contribution in [0.1, 0.15) is 49.3 Å². The zero-order chi connectivity index (χ0) is 55.9. The molecule has 0 spiro atoms. The molecule has 0 bridgehead atoms. The fourth-order valence-corrected chi connectivity index (χ4v) is 13.5. The Balaban J connectivity index is 1.05. The van der Waals surface area contributed by atoms with Crippen LogP contribution in [0.15, 0.2) is 303 Å². The van der Waals surface area contributed by atoms with Crippen LogP contribution in [-0.4, -0.2) is 0 Å². The number of aryl methyl sites for hydroxylation is 1. The third kappa shape index (κ3) is 9.38. The normalized spacial score (nSPS) is 14.7. The van der Waals surface area contributed by atoms with Crippen LogP contribution in [0.25, 0.3) is 77.0 Å². The van der Waals surface area contributed by atoms with E-state index < -0.39 is 0 Å². The molecule has 0 saturated carbocycles. The van der Waals surface area contributed by atoms with Gasteiger partial charge in [-0.1, -0.05) is 201 Å². The number of rotatable bonds is 12. The number of para-hydroxylation sites is 3. The van der Waals surface area contributed by atoms with E-state index in [-0.39, 0.29) is 0 Å². The van der Waals surface area contributed by atoms with Gasteiger partial charge in [-0.25, -0.2) is 0 Å². The van der Waals surface area contributed by atoms with Crippen molar-refractivity contribution in [2.75, 3.05) is 14.7 Å². The Bertz CT molecular complexity index is 4590. The summed E-state index contributed by atoms with van der Waals surface area (Å²) < 4.78 is 0. The van der Waals surface area contributed by atoms with Gasteiger partial charge in [0, 0.05) is 51.2 Å². The van der Waals surface area contributed by atoms with E-state index in [9.17, 15) is 0 Å². The fraction of sp³-hybridized carbons (Fsp3) is 0.0864. The molecule has 12 aromatic rings. The highest BCUT2D eigenvalue weighted by Gasteiger charge is 2.28. The minimum Gasteiger partial charge on any atom is -0.314 e. The van der Waals surface area contributed by atoms with Gasteiger partial charge in [-0.3, -0.25) is 0 Å². The molecule has 402 valence electrons. The number of allylic oxidation sites excluding steroid dienone is 8. The molecule has 0 fully saturated rings. The predicted molar refractivity (Wildman–Crippen MR) is 359 cm³/mol. The molecule has 1 unspecified atom stereocenters. The first kappa shape index (κ1) is 50.7. The summed E-state index contributed by atoms with van der Waals surface area (Å²) in [5.74, 6) is 0.408. The van der Waals surface area contributed by atoms with Gasteiger partial charge < -0.3 is 14.7 Å². The molecule has 0 amide bonds. The fourth-order valence-electron chi connectivity index (χ4n) is 13.5. The molecule has 3 nitrogen and oxygen atoms in total. The highest BCUT2D eigenvalue weighted by molar-refractivity contribution is 6.32. The Morgan fingerprint density at radius 3 is 1.56 bits per heavy atom. The van der Waals surface area contributed by atoms with Crippen molar-refractivity contribution >= 4 is 94.6 Å². The monoisotopic (exact) mass is 1080 g/mol. The maximum atomic E-state index is 2.52. The maximum Gasteiger partial charge on any atom is 0.0468 e. The Kier molecular flexibility index (Phi) is 13.2. The van der Waals surface area contributed by atoms with Crippen LogP contribution in [0, 0.1) is 5.92 Å². The lowest BCUT2D eigenvalue weighted by Gasteiger charge is -2.31. The molecule has 3 aliphatic carbocycles. The second-order valence-electron chi connectivity index (χ2n) is 22.7. The first-order valence-electron chi connectivity index (χ1n) is 29.8. The van der Waals surface area contributed by atoms with E-state index in [1.165, 1.54) is 105 Å². The summed E-state index contributed by atoms with van der Waals surface area (Å²) in [6, 6.07) is 94.6. The molecule has 0 radical (unpaired) electrons. The zero-order valence-corrected chi connectivity index (χ0v) is 47.2. The molecule has 0 saturated heterocycles. The van der Waals surface area contributed by atoms with Crippen LogP contribution < -0.4 is 14.7 Å². The first-order valence-corrected chi connectivity index (χ1v) is 29.8. The van der Waals surface area contributed by atoms with Gasteiger partial charge in [-0.05, 0) is 229 Å². The summed E-state index contributed by atoms with van der Waals surface area (Å²) in [6.07, 6.45) is 21.4. The van der Waals surface area contributed by atoms with Crippen LogP contribution in [-0.2, 0) is 6.42 Å². The standard InChI is InChI=1S/C81H63N3/c1-56-22-21-37-68(50-56)84(70-45-39-58-24-18-20-30-63(58)52-70)72-46-48-73-77(54-72)78-53-71(83(66-35-15-6-16-36-66)69-44-38-57-23-17-19-29-62(57)51-69)47-49-74(78)81-79(75(59-25-7-2-8-26-59)55-76(80(73)81)60-27-9-3-10-28-60)61-40-42-67(43-41-61)82(64-31-11-4-12-32-64)65-33-13-5-14-34-65/h2-19,21,23-29,31-40,42,44-56H,20,22,30,41,43H2,1H3. The van der Waals surface area contributed by atoms with Crippen LogP contribution in [0.5, 0.6) is 0 Å². The van der Waals surface area contributed by atoms with Gasteiger partial charge in [0.15, 0.2) is 0 Å². The molecule has 84 heavy (non-hydrogen) atoms. The van der Waals surface area contributed by atoms with Crippen molar-refractivity contribution in [3.63, 3.8) is 0 Å². The van der Waals surface area contributed by atoms with Gasteiger partial charge in [0.1, 0.15) is 0 Å². The van der Waals surface area contributed by atoms with Gasteiger partial charge in [-0.15, -0.1) is 0 Å². The Labute approximate surface area is 493 Å². The summed E-state index contributed by atoms with van der Waals surface area (Å²) in [5, 5.41) is 9.81. The maximum absolute atomic E-state index is 2.52. The molecule has 0 aromatic heterocycles. The topological polar surface area (TPSA) is 9.72 Å². The van der Waals surface area contributed by atoms with Crippen molar-refractivity contribution in [3.8, 4) is 22.3 Å². The van der Waals surface area contributed by atoms with Crippen LogP contribution >= 0.6 is 0 Å². The van der Waals surface area contributed by atoms with E-state index in [4.69, 9.17) is 0 Å². The van der Waals surface area contributed by atoms with Gasteiger partial charge in [0.2, 0.25) is 0 Å². The molecule has 1 atom stereocenters. The van der Waals surface area contributed by atoms with E-state index in [2.05, 4.69) is 319 Å². The molecule has 3 aliphatic rings. The molecule has 0 aliphatic heterocycles. The highest BCUT2D eigenvalue weighted by Crippen LogP contribution is 2.52. The quantitative estimate of drug-likeness (QED) is 0.113. The average Bonchev–Trinajstić information content (AvgIpc) is 1.10. The molecular formula is C81H63N3. The van der Waals surface area contributed by atoms with Crippen molar-refractivity contribution < 1.29 is 0 Å². The van der Waals surface area contributed by atoms with E-state index in [1.807, 2.05) is 0 Å². The number of hydrogen-bond acceptors (Lipinski definition) is 3. The summed E-state index contributed by atoms with van der Waals surface area (Å²) in [4.78, 5) is 7.39. The second kappa shape index (κ2) is 21.9. The van der Waals surface area contributed by atoms with Crippen LogP contribution in [0.3, 0.4) is 0 Å². The molecular weight excluding hydrogens is 1010 g/mol. The minimum atomic E-state index is 0.408. The highest BCUT2D eigenvalue weighted by atomic mass is 15.2. The number of fused-ring (bicyclic) bond motifs is 8. The molecule has 15 rings (SSSR count). The van der Waals surface area contributed by atoms with Crippen LogP contribution in [0.4, 0.5) is 39.8 Å². The SMILES string of the molecule is CC1C=C(N(c2ccc3c(c2)CCC=C3)c2ccc3c(c2)c2cc(N(c4ccccc4)c4ccc5ccccc5c4)ccc2c2c(C4=CC=C(N(c5ccccc5)c5ccccc5)CC4)c(-c4ccccc4)cc(-c4ccccc4)c32)C=CC1. The largest absolute Gasteiger partial charge is 0.314 e. The third-order valence-corrected chi connectivity index (χ3v) is 17.4. The molecule has 0 heterocycles. The smallest absolute Gasteiger partial charge is 0.0468 e. The number of nitrogens with zero attached hydrogens (tertiary/aromatic N) is 3. The summed E-state index contributed by atoms with van der Waals surface area (Å²) in [7, 11) is 0. The number of benzene rings is 12. The molecule has 3 heteroatoms. The van der Waals surface area contributed by atoms with Crippen molar-refractivity contribution in [3.05, 3.63) is 319 Å². The second-order valence-corrected chi connectivity index (χ2v) is 22.7. The lowest BCUT2D eigenvalue weighted by Crippen LogP contribution is -2.18. The van der Waals surface area contributed by atoms with Gasteiger partial charge in [0.05, 0.1) is 0 Å². The zero-order valence-electron chi connectivity index (χ0n) is 47.2. The van der Waals surface area contributed by atoms with E-state index >= 15 is 0 Å². The lowest BCUT2D eigenvalue weighted by atomic mass is 9.79. The van der Waals surface area contributed by atoms with Gasteiger partial charge >= 0.3 is 0 Å². The number of hydrogen-bond donors (Lipinski definition) is 0. The molecule has 0 N–H and O–H groups in total. The third-order valence-electron chi connectivity index (χ3n) is 17.4. The molecule has 12 aromatic carbocycles. The van der Waals surface area contributed by atoms with Crippen molar-refractivity contribution in [2.24, 2.45) is 5.92 Å². The van der Waals surface area contributed by atoms with E-state index in [1.54, 1.807) is 0 Å². The van der Waals surface area contributed by atoms with Gasteiger partial charge in [0.25, 0.3) is 0 Å². The van der Waals surface area contributed by atoms with E-state index in [0.29, 0.717) is 5.92 Å². The van der Waals surface area contributed by atoms with Crippen LogP contribution in [0.2, 0.25) is 0 Å². The number of anilines is 7. The van der Waals surface area contributed by atoms with Crippen molar-refractivity contribution in [1.29, 1.82) is 0 Å². The minimum absolute atomic E-state index is 0.408. The predicted octanol–water partition coefficient (Wildman–Crippen LogP) is 22.6. The van der Waals surface area contributed by atoms with E-state index in [0.717, 1.165) is 66.2 Å². The summed E-state index contributed by atoms with van der Waals surface area (Å²) >= 11 is 0. The summed E-state index contributed by atoms with van der Waals surface area (Å²) in [6.45, 7) is 2.34. The first-order chi connectivity index (χ1) is 41.6. The van der Waals surface area contributed by atoms with Crippen molar-refractivity contribution in [2.45, 2.75) is 39.0 Å². The summed E-state index contributed by atoms with van der Waals surface area (Å²) in [5.41, 5.74) is 20.6. The Morgan fingerprint density at radius 1 is 0.369 bits per heavy atom. The Morgan fingerprint density at radius 2 is 0.917 bits per heavy atom. The lowest BCUT2D eigenvalue weighted by molar-refractivity contribution is 0.726.